The number of carbonyl (C=O) groups is 1. The van der Waals surface area contributed by atoms with E-state index in [1.807, 2.05) is 6.92 Å². The lowest BCUT2D eigenvalue weighted by molar-refractivity contribution is 0.0963. The molecular weight excluding hydrogens is 338 g/mol. The van der Waals surface area contributed by atoms with Crippen molar-refractivity contribution in [1.82, 2.24) is 20.5 Å². The second-order valence-electron chi connectivity index (χ2n) is 5.89. The van der Waals surface area contributed by atoms with E-state index in [9.17, 15) is 4.79 Å². The van der Waals surface area contributed by atoms with Crippen LogP contribution in [-0.2, 0) is 17.7 Å². The van der Waals surface area contributed by atoms with Gasteiger partial charge in [-0.3, -0.25) is 0 Å². The summed E-state index contributed by atoms with van der Waals surface area (Å²) in [7, 11) is 0. The number of aliphatic imine (C=N–C) groups is 1. The highest BCUT2D eigenvalue weighted by molar-refractivity contribution is 7.09. The number of piperidine rings is 1. The number of likely N-dealkylation sites (tertiary alicyclic amines) is 1. The zero-order valence-electron chi connectivity index (χ0n) is 15.4. The zero-order valence-corrected chi connectivity index (χ0v) is 16.2. The monoisotopic (exact) mass is 367 g/mol. The summed E-state index contributed by atoms with van der Waals surface area (Å²) in [4.78, 5) is 22.7. The van der Waals surface area contributed by atoms with Crippen molar-refractivity contribution >= 4 is 23.4 Å². The average Bonchev–Trinajstić information content (AvgIpc) is 3.09. The Kier molecular flexibility index (Phi) is 7.97. The second-order valence-corrected chi connectivity index (χ2v) is 6.83. The molecule has 1 amide bonds. The summed E-state index contributed by atoms with van der Waals surface area (Å²) in [5.41, 5.74) is 1.01. The smallest absolute Gasteiger partial charge is 0.409 e. The molecule has 25 heavy (non-hydrogen) atoms. The van der Waals surface area contributed by atoms with Crippen LogP contribution in [0, 0.1) is 0 Å². The van der Waals surface area contributed by atoms with Gasteiger partial charge in [0, 0.05) is 31.1 Å². The highest BCUT2D eigenvalue weighted by Gasteiger charge is 2.24. The van der Waals surface area contributed by atoms with Crippen molar-refractivity contribution in [3.05, 3.63) is 16.1 Å². The molecule has 1 aromatic rings. The lowest BCUT2D eigenvalue weighted by atomic mass is 10.1. The number of thiazole rings is 1. The lowest BCUT2D eigenvalue weighted by Crippen LogP contribution is -2.49. The molecule has 0 saturated carbocycles. The van der Waals surface area contributed by atoms with Crippen LogP contribution in [-0.4, -0.2) is 54.2 Å². The third-order valence-corrected chi connectivity index (χ3v) is 5.05. The Morgan fingerprint density at radius 3 is 2.76 bits per heavy atom. The number of rotatable bonds is 6. The van der Waals surface area contributed by atoms with Crippen LogP contribution in [0.3, 0.4) is 0 Å². The number of aryl methyl sites for hydroxylation is 1. The summed E-state index contributed by atoms with van der Waals surface area (Å²) in [6.45, 7) is 9.22. The fourth-order valence-corrected chi connectivity index (χ4v) is 3.41. The SMILES string of the molecule is CCNC(=NCc1csc(CC)n1)NC1CCN(C(=O)OCC)CC1. The van der Waals surface area contributed by atoms with Crippen LogP contribution >= 0.6 is 11.3 Å². The molecule has 0 aromatic carbocycles. The number of hydrogen-bond acceptors (Lipinski definition) is 5. The molecule has 0 atom stereocenters. The van der Waals surface area contributed by atoms with Gasteiger partial charge in [0.15, 0.2) is 5.96 Å². The Hall–Kier alpha value is -1.83. The van der Waals surface area contributed by atoms with Gasteiger partial charge in [-0.2, -0.15) is 0 Å². The maximum Gasteiger partial charge on any atom is 0.409 e. The van der Waals surface area contributed by atoms with E-state index in [1.165, 1.54) is 0 Å². The van der Waals surface area contributed by atoms with Crippen molar-refractivity contribution < 1.29 is 9.53 Å². The van der Waals surface area contributed by atoms with E-state index >= 15 is 0 Å². The molecule has 140 valence electrons. The van der Waals surface area contributed by atoms with E-state index in [1.54, 1.807) is 16.2 Å². The topological polar surface area (TPSA) is 78.9 Å². The fourth-order valence-electron chi connectivity index (χ4n) is 2.68. The number of aromatic nitrogens is 1. The first kappa shape index (κ1) is 19.5. The molecule has 1 aromatic heterocycles. The summed E-state index contributed by atoms with van der Waals surface area (Å²) in [6.07, 6.45) is 2.53. The first-order valence-electron chi connectivity index (χ1n) is 9.06. The molecule has 2 N–H and O–H groups in total. The van der Waals surface area contributed by atoms with Crippen LogP contribution < -0.4 is 10.6 Å². The molecule has 0 spiro atoms. The summed E-state index contributed by atoms with van der Waals surface area (Å²) in [6, 6.07) is 0.310. The maximum absolute atomic E-state index is 11.8. The van der Waals surface area contributed by atoms with Crippen LogP contribution in [0.1, 0.15) is 44.3 Å². The predicted octanol–water partition coefficient (Wildman–Crippen LogP) is 2.38. The van der Waals surface area contributed by atoms with Gasteiger partial charge < -0.3 is 20.3 Å². The van der Waals surface area contributed by atoms with Gasteiger partial charge in [0.1, 0.15) is 0 Å². The quantitative estimate of drug-likeness (QED) is 0.596. The molecule has 1 aliphatic heterocycles. The number of hydrogen-bond donors (Lipinski definition) is 2. The summed E-state index contributed by atoms with van der Waals surface area (Å²) >= 11 is 1.69. The molecule has 1 saturated heterocycles. The third-order valence-electron chi connectivity index (χ3n) is 4.01. The Morgan fingerprint density at radius 2 is 2.16 bits per heavy atom. The third kappa shape index (κ3) is 6.19. The van der Waals surface area contributed by atoms with Crippen molar-refractivity contribution in [3.8, 4) is 0 Å². The summed E-state index contributed by atoms with van der Waals surface area (Å²) in [5.74, 6) is 0.808. The molecule has 1 fully saturated rings. The largest absolute Gasteiger partial charge is 0.450 e. The van der Waals surface area contributed by atoms with E-state index in [0.717, 1.165) is 42.5 Å². The highest BCUT2D eigenvalue weighted by atomic mass is 32.1. The van der Waals surface area contributed by atoms with Crippen molar-refractivity contribution in [1.29, 1.82) is 0 Å². The number of carbonyl (C=O) groups excluding carboxylic acids is 1. The molecule has 1 aliphatic rings. The molecule has 0 bridgehead atoms. The fraction of sp³-hybridized carbons (Fsp3) is 0.706. The van der Waals surface area contributed by atoms with E-state index in [0.29, 0.717) is 32.3 Å². The summed E-state index contributed by atoms with van der Waals surface area (Å²) < 4.78 is 5.06. The molecular formula is C17H29N5O2S. The van der Waals surface area contributed by atoms with Gasteiger partial charge in [-0.15, -0.1) is 11.3 Å². The molecule has 0 radical (unpaired) electrons. The zero-order chi connectivity index (χ0) is 18.1. The minimum absolute atomic E-state index is 0.211. The number of nitrogens with one attached hydrogen (secondary N) is 2. The van der Waals surface area contributed by atoms with E-state index in [2.05, 4.69) is 39.8 Å². The Balaban J connectivity index is 1.84. The Bertz CT molecular complexity index is 567. The van der Waals surface area contributed by atoms with E-state index in [4.69, 9.17) is 4.74 Å². The predicted molar refractivity (Wildman–Crippen MR) is 101 cm³/mol. The van der Waals surface area contributed by atoms with Gasteiger partial charge in [0.05, 0.1) is 23.9 Å². The van der Waals surface area contributed by atoms with Gasteiger partial charge in [-0.05, 0) is 33.1 Å². The number of guanidine groups is 1. The number of ether oxygens (including phenoxy) is 1. The van der Waals surface area contributed by atoms with Gasteiger partial charge in [-0.25, -0.2) is 14.8 Å². The molecule has 0 aliphatic carbocycles. The molecule has 2 heterocycles. The van der Waals surface area contributed by atoms with Crippen molar-refractivity contribution in [3.63, 3.8) is 0 Å². The normalized spacial score (nSPS) is 16.0. The lowest BCUT2D eigenvalue weighted by Gasteiger charge is -2.32. The molecule has 8 heteroatoms. The van der Waals surface area contributed by atoms with Crippen LogP contribution in [0.2, 0.25) is 0 Å². The van der Waals surface area contributed by atoms with Gasteiger partial charge in [0.25, 0.3) is 0 Å². The minimum Gasteiger partial charge on any atom is -0.450 e. The maximum atomic E-state index is 11.8. The van der Waals surface area contributed by atoms with Crippen LogP contribution in [0.4, 0.5) is 4.79 Å². The summed E-state index contributed by atoms with van der Waals surface area (Å²) in [5, 5.41) is 9.98. The average molecular weight is 368 g/mol. The highest BCUT2D eigenvalue weighted by Crippen LogP contribution is 2.13. The first-order valence-corrected chi connectivity index (χ1v) is 9.94. The van der Waals surface area contributed by atoms with E-state index < -0.39 is 0 Å². The standard InChI is InChI=1S/C17H29N5O2S/c1-4-15-20-14(12-25-15)11-19-16(18-5-2)21-13-7-9-22(10-8-13)17(23)24-6-3/h12-13H,4-11H2,1-3H3,(H2,18,19,21). The molecule has 2 rings (SSSR count). The molecule has 7 nitrogen and oxygen atoms in total. The van der Waals surface area contributed by atoms with Crippen LogP contribution in [0.25, 0.3) is 0 Å². The number of nitrogens with zero attached hydrogens (tertiary/aromatic N) is 3. The van der Waals surface area contributed by atoms with Crippen LogP contribution in [0.5, 0.6) is 0 Å². The first-order chi connectivity index (χ1) is 12.2. The van der Waals surface area contributed by atoms with Crippen molar-refractivity contribution in [2.75, 3.05) is 26.2 Å². The Labute approximate surface area is 153 Å². The van der Waals surface area contributed by atoms with E-state index in [-0.39, 0.29) is 6.09 Å². The molecule has 0 unspecified atom stereocenters. The van der Waals surface area contributed by atoms with Gasteiger partial charge >= 0.3 is 6.09 Å². The van der Waals surface area contributed by atoms with Crippen molar-refractivity contribution in [2.24, 2.45) is 4.99 Å². The van der Waals surface area contributed by atoms with Gasteiger partial charge in [0.2, 0.25) is 0 Å². The number of amides is 1. The second kappa shape index (κ2) is 10.2. The minimum atomic E-state index is -0.211. The van der Waals surface area contributed by atoms with Crippen molar-refractivity contribution in [2.45, 2.75) is 52.6 Å². The van der Waals surface area contributed by atoms with Gasteiger partial charge in [-0.1, -0.05) is 6.92 Å². The Morgan fingerprint density at radius 1 is 1.40 bits per heavy atom. The van der Waals surface area contributed by atoms with Crippen LogP contribution in [0.15, 0.2) is 10.4 Å².